The van der Waals surface area contributed by atoms with Gasteiger partial charge in [0.15, 0.2) is 0 Å². The molecule has 14 heteroatoms. The van der Waals surface area contributed by atoms with Gasteiger partial charge in [0, 0.05) is 44.1 Å². The first-order valence-corrected chi connectivity index (χ1v) is 17.8. The zero-order valence-electron chi connectivity index (χ0n) is 25.6. The summed E-state index contributed by atoms with van der Waals surface area (Å²) in [7, 11) is -1.24. The standard InChI is InChI=1S/C27H43Cl2FN6O4Si/c1-16-20(17(2)36(35-16)15-39-11-12-41(8,9)10)21-18(31)13-19(32-22(21)30)33-23(37)26(6,14-27(7,28)29)34-24(38)40-25(3,4)5/h13H,11-12,14-15H2,1-10H3,(H,34,38)(H3,31,32,33,37)/t26-/m0/s1. The zero-order chi connectivity index (χ0) is 31.6. The van der Waals surface area contributed by atoms with Gasteiger partial charge in [-0.3, -0.25) is 4.79 Å². The summed E-state index contributed by atoms with van der Waals surface area (Å²) in [4.78, 5) is 29.8. The Kier molecular flexibility index (Phi) is 10.9. The van der Waals surface area contributed by atoms with E-state index in [-0.39, 0.29) is 30.2 Å². The highest BCUT2D eigenvalue weighted by Crippen LogP contribution is 2.36. The predicted molar refractivity (Wildman–Crippen MR) is 165 cm³/mol. The molecule has 41 heavy (non-hydrogen) atoms. The molecule has 0 aromatic carbocycles. The number of alkyl halides is 2. The maximum atomic E-state index is 15.5. The average Bonchev–Trinajstić information content (AvgIpc) is 3.00. The van der Waals surface area contributed by atoms with Crippen LogP contribution in [-0.2, 0) is 21.0 Å². The van der Waals surface area contributed by atoms with Crippen LogP contribution in [0.25, 0.3) is 11.1 Å². The first-order valence-electron chi connectivity index (χ1n) is 13.3. The summed E-state index contributed by atoms with van der Waals surface area (Å²) in [5.41, 5.74) is 5.64. The van der Waals surface area contributed by atoms with Crippen molar-refractivity contribution in [3.8, 4) is 11.1 Å². The number of nitrogens with two attached hydrogens (primary N) is 1. The number of nitrogens with one attached hydrogen (secondary N) is 2. The Morgan fingerprint density at radius 3 is 2.24 bits per heavy atom. The lowest BCUT2D eigenvalue weighted by Gasteiger charge is -2.33. The first-order chi connectivity index (χ1) is 18.5. The number of aromatic nitrogens is 3. The molecule has 2 amide bonds. The highest BCUT2D eigenvalue weighted by atomic mass is 35.5. The lowest BCUT2D eigenvalue weighted by atomic mass is 9.94. The number of ether oxygens (including phenoxy) is 2. The molecule has 0 fully saturated rings. The van der Waals surface area contributed by atoms with Crippen LogP contribution in [0.1, 0.15) is 52.4 Å². The summed E-state index contributed by atoms with van der Waals surface area (Å²) >= 11 is 12.4. The third-order valence-corrected chi connectivity index (χ3v) is 8.00. The molecule has 10 nitrogen and oxygen atoms in total. The highest BCUT2D eigenvalue weighted by molar-refractivity contribution is 6.76. The number of nitrogen functional groups attached to an aromatic ring is 1. The van der Waals surface area contributed by atoms with E-state index in [2.05, 4.69) is 40.4 Å². The Morgan fingerprint density at radius 1 is 1.12 bits per heavy atom. The molecular weight excluding hydrogens is 590 g/mol. The van der Waals surface area contributed by atoms with Crippen molar-refractivity contribution in [1.82, 2.24) is 20.1 Å². The van der Waals surface area contributed by atoms with Crippen molar-refractivity contribution in [1.29, 1.82) is 0 Å². The van der Waals surface area contributed by atoms with E-state index in [9.17, 15) is 9.59 Å². The summed E-state index contributed by atoms with van der Waals surface area (Å²) in [5.74, 6) is -1.80. The van der Waals surface area contributed by atoms with E-state index in [4.69, 9.17) is 38.4 Å². The number of rotatable bonds is 11. The van der Waals surface area contributed by atoms with Gasteiger partial charge in [-0.15, -0.1) is 23.2 Å². The maximum Gasteiger partial charge on any atom is 0.408 e. The van der Waals surface area contributed by atoms with E-state index >= 15 is 4.39 Å². The average molecular weight is 634 g/mol. The van der Waals surface area contributed by atoms with E-state index in [1.54, 1.807) is 39.3 Å². The minimum absolute atomic E-state index is 0.0412. The second-order valence-electron chi connectivity index (χ2n) is 12.8. The second-order valence-corrected chi connectivity index (χ2v) is 20.3. The van der Waals surface area contributed by atoms with Gasteiger partial charge in [-0.2, -0.15) is 9.49 Å². The molecule has 0 aliphatic carbocycles. The molecule has 2 heterocycles. The van der Waals surface area contributed by atoms with Gasteiger partial charge in [0.2, 0.25) is 5.95 Å². The summed E-state index contributed by atoms with van der Waals surface area (Å²) in [6.07, 6.45) is -1.05. The molecule has 0 saturated carbocycles. The van der Waals surface area contributed by atoms with Crippen molar-refractivity contribution >= 4 is 54.8 Å². The molecule has 0 aliphatic heterocycles. The summed E-state index contributed by atoms with van der Waals surface area (Å²) in [6.45, 7) is 19.2. The van der Waals surface area contributed by atoms with Crippen molar-refractivity contribution in [3.63, 3.8) is 0 Å². The Balaban J connectivity index is 2.32. The lowest BCUT2D eigenvalue weighted by molar-refractivity contribution is -0.122. The number of alkyl carbamates (subject to hydrolysis) is 1. The molecule has 0 saturated heterocycles. The normalized spacial score (nSPS) is 14.0. The SMILES string of the molecule is Cc1nn(COCC[Si](C)(C)C)c(C)c1-c1c(N)cc(NC(=O)[C@](C)(CC(C)(Cl)Cl)NC(=O)OC(C)(C)C)nc1F. The molecule has 1 atom stereocenters. The monoisotopic (exact) mass is 632 g/mol. The van der Waals surface area contributed by atoms with Gasteiger partial charge in [0.05, 0.1) is 11.3 Å². The number of carbonyl (C=O) groups is 2. The van der Waals surface area contributed by atoms with E-state index < -0.39 is 41.5 Å². The molecule has 2 aromatic rings. The lowest BCUT2D eigenvalue weighted by Crippen LogP contribution is -2.57. The van der Waals surface area contributed by atoms with Gasteiger partial charge >= 0.3 is 6.09 Å². The van der Waals surface area contributed by atoms with Gasteiger partial charge in [-0.25, -0.2) is 14.5 Å². The van der Waals surface area contributed by atoms with Crippen LogP contribution < -0.4 is 16.4 Å². The number of amides is 2. The minimum atomic E-state index is -1.64. The number of hydrogen-bond donors (Lipinski definition) is 3. The van der Waals surface area contributed by atoms with Gasteiger partial charge < -0.3 is 25.8 Å². The Hall–Kier alpha value is -2.41. The predicted octanol–water partition coefficient (Wildman–Crippen LogP) is 6.40. The fraction of sp³-hybridized carbons (Fsp3) is 0.630. The van der Waals surface area contributed by atoms with E-state index in [0.29, 0.717) is 23.6 Å². The molecule has 2 rings (SSSR count). The third-order valence-electron chi connectivity index (χ3n) is 6.03. The maximum absolute atomic E-state index is 15.5. The molecule has 0 spiro atoms. The third kappa shape index (κ3) is 10.4. The van der Waals surface area contributed by atoms with Crippen molar-refractivity contribution in [3.05, 3.63) is 23.4 Å². The fourth-order valence-electron chi connectivity index (χ4n) is 4.14. The van der Waals surface area contributed by atoms with E-state index in [1.165, 1.54) is 19.9 Å². The van der Waals surface area contributed by atoms with Crippen molar-refractivity contribution in [2.75, 3.05) is 17.7 Å². The number of hydrogen-bond acceptors (Lipinski definition) is 7. The number of nitrogens with zero attached hydrogens (tertiary/aromatic N) is 3. The largest absolute Gasteiger partial charge is 0.444 e. The van der Waals surface area contributed by atoms with Crippen LogP contribution in [0.3, 0.4) is 0 Å². The molecule has 0 radical (unpaired) electrons. The number of halogens is 3. The topological polar surface area (TPSA) is 133 Å². The van der Waals surface area contributed by atoms with Crippen LogP contribution in [0.4, 0.5) is 20.7 Å². The van der Waals surface area contributed by atoms with E-state index in [1.807, 2.05) is 0 Å². The number of aryl methyl sites for hydroxylation is 1. The smallest absolute Gasteiger partial charge is 0.408 e. The van der Waals surface area contributed by atoms with Crippen LogP contribution in [-0.4, -0.2) is 56.9 Å². The van der Waals surface area contributed by atoms with Gasteiger partial charge in [0.25, 0.3) is 5.91 Å². The van der Waals surface area contributed by atoms with Crippen LogP contribution in [0, 0.1) is 19.8 Å². The van der Waals surface area contributed by atoms with E-state index in [0.717, 1.165) is 6.04 Å². The zero-order valence-corrected chi connectivity index (χ0v) is 28.1. The Labute approximate surface area is 252 Å². The molecule has 4 N–H and O–H groups in total. The highest BCUT2D eigenvalue weighted by Gasteiger charge is 2.42. The van der Waals surface area contributed by atoms with Crippen LogP contribution in [0.2, 0.25) is 25.7 Å². The number of anilines is 2. The summed E-state index contributed by atoms with van der Waals surface area (Å²) in [6, 6.07) is 2.35. The summed E-state index contributed by atoms with van der Waals surface area (Å²) < 4.78 is 26.9. The van der Waals surface area contributed by atoms with Gasteiger partial charge in [-0.1, -0.05) is 19.6 Å². The van der Waals surface area contributed by atoms with Crippen molar-refractivity contribution in [2.24, 2.45) is 0 Å². The van der Waals surface area contributed by atoms with Crippen LogP contribution in [0.15, 0.2) is 6.07 Å². The number of carbonyl (C=O) groups excluding carboxylic acids is 2. The molecule has 0 aliphatic rings. The molecule has 230 valence electrons. The second kappa shape index (κ2) is 12.8. The van der Waals surface area contributed by atoms with Crippen molar-refractivity contribution in [2.45, 2.75) is 103 Å². The molecule has 0 unspecified atom stereocenters. The molecule has 2 aromatic heterocycles. The minimum Gasteiger partial charge on any atom is -0.444 e. The number of pyridine rings is 1. The van der Waals surface area contributed by atoms with Crippen molar-refractivity contribution < 1.29 is 23.5 Å². The molecule has 0 bridgehead atoms. The summed E-state index contributed by atoms with van der Waals surface area (Å²) in [5, 5.41) is 9.54. The van der Waals surface area contributed by atoms with Gasteiger partial charge in [-0.05, 0) is 54.5 Å². The Morgan fingerprint density at radius 2 is 1.73 bits per heavy atom. The van der Waals surface area contributed by atoms with Gasteiger partial charge in [0.1, 0.15) is 28.0 Å². The molecular formula is C27H43Cl2FN6O4Si. The quantitative estimate of drug-likeness (QED) is 0.113. The van der Waals surface area contributed by atoms with Crippen LogP contribution in [0.5, 0.6) is 0 Å². The fourth-order valence-corrected chi connectivity index (χ4v) is 5.43. The Bertz CT molecular complexity index is 1250. The van der Waals surface area contributed by atoms with Crippen LogP contribution >= 0.6 is 23.2 Å². The first kappa shape index (κ1) is 34.8.